The van der Waals surface area contributed by atoms with E-state index >= 15 is 0 Å². The molecule has 0 saturated carbocycles. The van der Waals surface area contributed by atoms with Crippen LogP contribution in [0.3, 0.4) is 0 Å². The Morgan fingerprint density at radius 2 is 2.38 bits per heavy atom. The van der Waals surface area contributed by atoms with Gasteiger partial charge in [-0.25, -0.2) is 0 Å². The van der Waals surface area contributed by atoms with E-state index in [0.29, 0.717) is 4.82 Å². The van der Waals surface area contributed by atoms with E-state index in [0.717, 1.165) is 6.42 Å². The van der Waals surface area contributed by atoms with Crippen molar-refractivity contribution < 1.29 is 9.90 Å². The van der Waals surface area contributed by atoms with Crippen molar-refractivity contribution >= 4 is 22.0 Å². The van der Waals surface area contributed by atoms with E-state index in [2.05, 4.69) is 16.0 Å². The van der Waals surface area contributed by atoms with E-state index in [1.807, 2.05) is 6.92 Å². The summed E-state index contributed by atoms with van der Waals surface area (Å²) in [6.07, 6.45) is 1.05. The summed E-state index contributed by atoms with van der Waals surface area (Å²) in [6, 6.07) is 0. The van der Waals surface area contributed by atoms with E-state index in [1.54, 1.807) is 0 Å². The second-order valence-corrected chi connectivity index (χ2v) is 3.63. The average molecular weight is 181 g/mol. The Balaban J connectivity index is 3.05. The summed E-state index contributed by atoms with van der Waals surface area (Å²) in [4.78, 5) is 10.3. The predicted molar refractivity (Wildman–Crippen MR) is 33.4 cm³/mol. The van der Waals surface area contributed by atoms with Gasteiger partial charge in [0.15, 0.2) is 0 Å². The molecule has 0 radical (unpaired) electrons. The predicted octanol–water partition coefficient (Wildman–Crippen LogP) is 0.560. The maximum absolute atomic E-state index is 9.90. The molecule has 0 spiro atoms. The summed E-state index contributed by atoms with van der Waals surface area (Å²) in [5.74, 6) is -0.706. The van der Waals surface area contributed by atoms with Crippen LogP contribution < -0.4 is 0 Å². The first kappa shape index (κ1) is 7.99. The zero-order valence-electron chi connectivity index (χ0n) is 4.79. The minimum absolute atomic E-state index is 0.288. The Labute approximate surface area is 57.1 Å². The maximum atomic E-state index is 9.90. The summed E-state index contributed by atoms with van der Waals surface area (Å²) in [5.41, 5.74) is 0. The van der Waals surface area contributed by atoms with Gasteiger partial charge >= 0.3 is 56.5 Å². The summed E-state index contributed by atoms with van der Waals surface area (Å²) in [7, 11) is 0. The number of hydrogen-bond acceptors (Lipinski definition) is 1. The zero-order chi connectivity index (χ0) is 6.57. The SMILES string of the molecule is CC([SeH])CCC(=O)O. The molecular formula is C5H10O2Se. The van der Waals surface area contributed by atoms with Gasteiger partial charge in [-0.3, -0.25) is 0 Å². The average Bonchev–Trinajstić information content (AvgIpc) is 1.61. The third kappa shape index (κ3) is 5.99. The molecule has 0 amide bonds. The first-order valence-corrected chi connectivity index (χ1v) is 3.61. The first-order valence-electron chi connectivity index (χ1n) is 2.53. The van der Waals surface area contributed by atoms with Crippen LogP contribution in [-0.2, 0) is 4.79 Å². The van der Waals surface area contributed by atoms with Crippen molar-refractivity contribution in [3.63, 3.8) is 0 Å². The molecule has 0 heterocycles. The summed E-state index contributed by atoms with van der Waals surface area (Å²) in [6.45, 7) is 1.99. The van der Waals surface area contributed by atoms with Crippen molar-refractivity contribution in [2.45, 2.75) is 24.6 Å². The topological polar surface area (TPSA) is 37.3 Å². The molecule has 0 aromatic heterocycles. The number of hydrogen-bond donors (Lipinski definition) is 1. The van der Waals surface area contributed by atoms with Gasteiger partial charge in [0.05, 0.1) is 0 Å². The van der Waals surface area contributed by atoms with Gasteiger partial charge in [0.25, 0.3) is 0 Å². The van der Waals surface area contributed by atoms with Crippen molar-refractivity contribution in [3.05, 3.63) is 0 Å². The zero-order valence-corrected chi connectivity index (χ0v) is 6.67. The molecule has 1 N–H and O–H groups in total. The van der Waals surface area contributed by atoms with Crippen LogP contribution in [-0.4, -0.2) is 27.1 Å². The number of carboxylic acid groups (broad SMARTS) is 1. The van der Waals surface area contributed by atoms with Crippen LogP contribution in [0.1, 0.15) is 19.8 Å². The van der Waals surface area contributed by atoms with Crippen molar-refractivity contribution in [3.8, 4) is 0 Å². The van der Waals surface area contributed by atoms with Crippen LogP contribution in [0.15, 0.2) is 0 Å². The van der Waals surface area contributed by atoms with Gasteiger partial charge in [-0.2, -0.15) is 0 Å². The third-order valence-electron chi connectivity index (χ3n) is 0.776. The number of carboxylic acids is 1. The second-order valence-electron chi connectivity index (χ2n) is 1.78. The first-order chi connectivity index (χ1) is 3.63. The fraction of sp³-hybridized carbons (Fsp3) is 0.800. The summed E-state index contributed by atoms with van der Waals surface area (Å²) < 4.78 is 0. The Bertz CT molecular complexity index is 80.5. The third-order valence-corrected chi connectivity index (χ3v) is 1.32. The van der Waals surface area contributed by atoms with Gasteiger partial charge in [-0.1, -0.05) is 0 Å². The summed E-state index contributed by atoms with van der Waals surface area (Å²) >= 11 is 2.42. The Morgan fingerprint density at radius 1 is 1.88 bits per heavy atom. The molecule has 0 aliphatic heterocycles. The van der Waals surface area contributed by atoms with E-state index < -0.39 is 5.97 Å². The van der Waals surface area contributed by atoms with E-state index in [1.165, 1.54) is 0 Å². The van der Waals surface area contributed by atoms with Gasteiger partial charge in [-0.15, -0.1) is 0 Å². The Morgan fingerprint density at radius 3 is 2.50 bits per heavy atom. The molecule has 0 aliphatic rings. The van der Waals surface area contributed by atoms with Gasteiger partial charge in [0.1, 0.15) is 0 Å². The van der Waals surface area contributed by atoms with Crippen LogP contribution >= 0.6 is 0 Å². The van der Waals surface area contributed by atoms with Crippen LogP contribution in [0, 0.1) is 0 Å². The molecule has 0 aliphatic carbocycles. The van der Waals surface area contributed by atoms with Gasteiger partial charge < -0.3 is 0 Å². The van der Waals surface area contributed by atoms with E-state index in [9.17, 15) is 4.79 Å². The number of aliphatic carboxylic acids is 1. The molecule has 8 heavy (non-hydrogen) atoms. The molecular weight excluding hydrogens is 171 g/mol. The molecule has 0 rings (SSSR count). The van der Waals surface area contributed by atoms with Crippen LogP contribution in [0.5, 0.6) is 0 Å². The normalized spacial score (nSPS) is 13.2. The van der Waals surface area contributed by atoms with Gasteiger partial charge in [0.2, 0.25) is 0 Å². The van der Waals surface area contributed by atoms with Crippen LogP contribution in [0.25, 0.3) is 0 Å². The number of carbonyl (C=O) groups is 1. The molecule has 0 saturated heterocycles. The van der Waals surface area contributed by atoms with Crippen molar-refractivity contribution in [1.82, 2.24) is 0 Å². The van der Waals surface area contributed by atoms with Crippen molar-refractivity contribution in [2.75, 3.05) is 0 Å². The molecule has 3 heteroatoms. The molecule has 0 fully saturated rings. The quantitative estimate of drug-likeness (QED) is 0.646. The minimum atomic E-state index is -0.706. The monoisotopic (exact) mass is 182 g/mol. The van der Waals surface area contributed by atoms with Gasteiger partial charge in [0, 0.05) is 0 Å². The number of rotatable bonds is 3. The molecule has 1 unspecified atom stereocenters. The van der Waals surface area contributed by atoms with Crippen LogP contribution in [0.4, 0.5) is 0 Å². The van der Waals surface area contributed by atoms with Gasteiger partial charge in [-0.05, 0) is 0 Å². The van der Waals surface area contributed by atoms with Crippen molar-refractivity contribution in [1.29, 1.82) is 0 Å². The van der Waals surface area contributed by atoms with E-state index in [4.69, 9.17) is 5.11 Å². The fourth-order valence-electron chi connectivity index (χ4n) is 0.332. The molecule has 0 bridgehead atoms. The van der Waals surface area contributed by atoms with Crippen molar-refractivity contribution in [2.24, 2.45) is 0 Å². The molecule has 1 atom stereocenters. The second kappa shape index (κ2) is 3.93. The standard InChI is InChI=1S/C5H10O2Se/c1-4(8)2-3-5(6)7/h4,8H,2-3H2,1H3,(H,6,7). The Kier molecular flexibility index (Phi) is 3.92. The molecule has 0 aromatic carbocycles. The molecule has 48 valence electrons. The fourth-order valence-corrected chi connectivity index (χ4v) is 0.603. The van der Waals surface area contributed by atoms with E-state index in [-0.39, 0.29) is 6.42 Å². The van der Waals surface area contributed by atoms with Crippen LogP contribution in [0.2, 0.25) is 4.82 Å². The summed E-state index contributed by atoms with van der Waals surface area (Å²) in [5, 5.41) is 8.16. The molecule has 2 nitrogen and oxygen atoms in total. The molecule has 0 aromatic rings. The Hall–Kier alpha value is -0.0105.